The molecule has 1 heterocycles. The van der Waals surface area contributed by atoms with E-state index in [0.717, 1.165) is 5.56 Å². The molecule has 1 fully saturated rings. The Morgan fingerprint density at radius 2 is 1.68 bits per heavy atom. The summed E-state index contributed by atoms with van der Waals surface area (Å²) in [5.74, 6) is -4.14. The van der Waals surface area contributed by atoms with E-state index in [1.54, 1.807) is 45.0 Å². The van der Waals surface area contributed by atoms with Crippen LogP contribution in [0.5, 0.6) is 0 Å². The fourth-order valence-corrected chi connectivity index (χ4v) is 2.55. The van der Waals surface area contributed by atoms with Crippen LogP contribution in [0.3, 0.4) is 0 Å². The minimum Gasteiger partial charge on any atom is -0.509 e. The summed E-state index contributed by atoms with van der Waals surface area (Å²) in [5, 5.41) is 13.2. The number of alkyl carbamates (subject to hydrolysis) is 1. The van der Waals surface area contributed by atoms with Gasteiger partial charge in [-0.3, -0.25) is 0 Å². The van der Waals surface area contributed by atoms with Crippen molar-refractivity contribution in [3.8, 4) is 0 Å². The smallest absolute Gasteiger partial charge is 0.408 e. The van der Waals surface area contributed by atoms with Crippen molar-refractivity contribution in [3.63, 3.8) is 0 Å². The number of carbonyl (C=O) groups is 3. The van der Waals surface area contributed by atoms with Crippen molar-refractivity contribution >= 4 is 18.0 Å². The molecule has 0 radical (unpaired) electrons. The molecule has 28 heavy (non-hydrogen) atoms. The second kappa shape index (κ2) is 7.92. The van der Waals surface area contributed by atoms with Gasteiger partial charge in [0, 0.05) is 20.3 Å². The van der Waals surface area contributed by atoms with E-state index in [4.69, 9.17) is 14.2 Å². The Hall–Kier alpha value is -3.03. The van der Waals surface area contributed by atoms with E-state index in [0.29, 0.717) is 0 Å². The Labute approximate surface area is 163 Å². The summed E-state index contributed by atoms with van der Waals surface area (Å²) in [6.07, 6.45) is -0.697. The summed E-state index contributed by atoms with van der Waals surface area (Å²) >= 11 is 0. The molecule has 0 aromatic heterocycles. The minimum atomic E-state index is -1.44. The lowest BCUT2D eigenvalue weighted by atomic mass is 10.0. The number of aliphatic hydroxyl groups is 1. The maximum atomic E-state index is 12.2. The molecule has 1 aromatic carbocycles. The third-order valence-electron chi connectivity index (χ3n) is 3.65. The molecule has 0 bridgehead atoms. The molecule has 2 rings (SSSR count). The zero-order valence-electron chi connectivity index (χ0n) is 16.6. The van der Waals surface area contributed by atoms with Gasteiger partial charge in [-0.15, -0.1) is 0 Å². The number of cyclic esters (lactones) is 2. The van der Waals surface area contributed by atoms with Gasteiger partial charge >= 0.3 is 18.0 Å². The van der Waals surface area contributed by atoms with E-state index in [1.807, 2.05) is 6.07 Å². The largest absolute Gasteiger partial charge is 0.509 e. The summed E-state index contributed by atoms with van der Waals surface area (Å²) in [6.45, 7) is 7.87. The first-order valence-corrected chi connectivity index (χ1v) is 8.81. The highest BCUT2D eigenvalue weighted by Crippen LogP contribution is 2.26. The number of esters is 2. The zero-order valence-corrected chi connectivity index (χ0v) is 16.6. The summed E-state index contributed by atoms with van der Waals surface area (Å²) in [6, 6.07) is 7.85. The monoisotopic (exact) mass is 391 g/mol. The van der Waals surface area contributed by atoms with Crippen molar-refractivity contribution in [3.05, 3.63) is 47.2 Å². The van der Waals surface area contributed by atoms with E-state index >= 15 is 0 Å². The fourth-order valence-electron chi connectivity index (χ4n) is 2.55. The van der Waals surface area contributed by atoms with E-state index in [1.165, 1.54) is 13.8 Å². The van der Waals surface area contributed by atoms with Crippen LogP contribution in [-0.2, 0) is 30.2 Å². The molecule has 152 valence electrons. The molecular weight excluding hydrogens is 366 g/mol. The summed E-state index contributed by atoms with van der Waals surface area (Å²) in [7, 11) is 0. The normalized spacial score (nSPS) is 17.2. The number of nitrogens with one attached hydrogen (secondary N) is 1. The number of ether oxygens (including phenoxy) is 3. The topological polar surface area (TPSA) is 111 Å². The van der Waals surface area contributed by atoms with E-state index in [9.17, 15) is 19.5 Å². The van der Waals surface area contributed by atoms with Crippen LogP contribution in [0.25, 0.3) is 0 Å². The van der Waals surface area contributed by atoms with Crippen molar-refractivity contribution in [1.29, 1.82) is 0 Å². The molecule has 1 amide bonds. The number of amides is 1. The van der Waals surface area contributed by atoms with E-state index < -0.39 is 46.8 Å². The van der Waals surface area contributed by atoms with Crippen molar-refractivity contribution in [2.45, 2.75) is 58.5 Å². The van der Waals surface area contributed by atoms with Crippen LogP contribution in [0.2, 0.25) is 0 Å². The van der Waals surface area contributed by atoms with Crippen LogP contribution in [0.4, 0.5) is 4.79 Å². The van der Waals surface area contributed by atoms with Gasteiger partial charge in [-0.25, -0.2) is 14.4 Å². The van der Waals surface area contributed by atoms with Crippen molar-refractivity contribution < 1.29 is 33.7 Å². The van der Waals surface area contributed by atoms with Gasteiger partial charge in [-0.05, 0) is 26.3 Å². The van der Waals surface area contributed by atoms with Crippen molar-refractivity contribution in [2.24, 2.45) is 0 Å². The second-order valence-electron chi connectivity index (χ2n) is 7.83. The first-order chi connectivity index (χ1) is 12.9. The third-order valence-corrected chi connectivity index (χ3v) is 3.65. The maximum Gasteiger partial charge on any atom is 0.408 e. The molecule has 2 N–H and O–H groups in total. The Morgan fingerprint density at radius 3 is 2.18 bits per heavy atom. The summed E-state index contributed by atoms with van der Waals surface area (Å²) in [4.78, 5) is 36.7. The highest BCUT2D eigenvalue weighted by atomic mass is 16.7. The molecular formula is C20H25NO7. The average molecular weight is 391 g/mol. The molecule has 0 spiro atoms. The highest BCUT2D eigenvalue weighted by molar-refractivity contribution is 6.15. The Bertz CT molecular complexity index is 769. The lowest BCUT2D eigenvalue weighted by Gasteiger charge is -2.31. The molecule has 8 heteroatoms. The quantitative estimate of drug-likeness (QED) is 0.351. The van der Waals surface area contributed by atoms with Crippen LogP contribution in [0, 0.1) is 0 Å². The highest BCUT2D eigenvalue weighted by Gasteiger charge is 2.42. The van der Waals surface area contributed by atoms with E-state index in [2.05, 4.69) is 5.32 Å². The Kier molecular flexibility index (Phi) is 6.01. The summed E-state index contributed by atoms with van der Waals surface area (Å²) < 4.78 is 15.3. The van der Waals surface area contributed by atoms with Gasteiger partial charge in [-0.1, -0.05) is 30.3 Å². The number of rotatable bonds is 4. The number of benzene rings is 1. The SMILES string of the molecule is CC(C)(C)OC(=O)N[C@H](Cc1ccccc1)C(O)=C1C(=O)OC(C)(C)OC1=O. The fraction of sp³-hybridized carbons (Fsp3) is 0.450. The standard InChI is InChI=1S/C20H25NO7/c1-19(2,3)28-18(25)21-13(11-12-9-7-6-8-10-12)15(22)14-16(23)26-20(4,5)27-17(14)24/h6-10,13,22H,11H2,1-5H3,(H,21,25)/t13-/m1/s1. The van der Waals surface area contributed by atoms with Crippen LogP contribution in [-0.4, -0.2) is 40.6 Å². The molecule has 0 unspecified atom stereocenters. The van der Waals surface area contributed by atoms with E-state index in [-0.39, 0.29) is 6.42 Å². The van der Waals surface area contributed by atoms with Gasteiger partial charge in [0.05, 0.1) is 6.04 Å². The van der Waals surface area contributed by atoms with Gasteiger partial charge < -0.3 is 24.6 Å². The van der Waals surface area contributed by atoms with Gasteiger partial charge in [0.25, 0.3) is 5.79 Å². The van der Waals surface area contributed by atoms with Crippen LogP contribution in [0.15, 0.2) is 41.7 Å². The van der Waals surface area contributed by atoms with Crippen LogP contribution >= 0.6 is 0 Å². The predicted octanol–water partition coefficient (Wildman–Crippen LogP) is 2.77. The Morgan fingerprint density at radius 1 is 1.14 bits per heavy atom. The molecule has 1 saturated heterocycles. The average Bonchev–Trinajstić information content (AvgIpc) is 2.51. The molecule has 1 aromatic rings. The molecule has 0 aliphatic carbocycles. The van der Waals surface area contributed by atoms with Gasteiger partial charge in [0.2, 0.25) is 0 Å². The van der Waals surface area contributed by atoms with Crippen molar-refractivity contribution in [1.82, 2.24) is 5.32 Å². The lowest BCUT2D eigenvalue weighted by molar-refractivity contribution is -0.222. The van der Waals surface area contributed by atoms with Crippen molar-refractivity contribution in [2.75, 3.05) is 0 Å². The summed E-state index contributed by atoms with van der Waals surface area (Å²) in [5.41, 5.74) is -0.665. The van der Waals surface area contributed by atoms with Crippen LogP contribution < -0.4 is 5.32 Å². The first-order valence-electron chi connectivity index (χ1n) is 8.81. The third kappa shape index (κ3) is 5.73. The molecule has 1 aliphatic rings. The number of aliphatic hydroxyl groups excluding tert-OH is 1. The minimum absolute atomic E-state index is 0.110. The van der Waals surface area contributed by atoms with Crippen LogP contribution in [0.1, 0.15) is 40.2 Å². The molecule has 1 aliphatic heterocycles. The Balaban J connectivity index is 2.35. The predicted molar refractivity (Wildman–Crippen MR) is 99.2 cm³/mol. The molecule has 1 atom stereocenters. The zero-order chi connectivity index (χ0) is 21.1. The van der Waals surface area contributed by atoms with Gasteiger partial charge in [0.1, 0.15) is 11.4 Å². The molecule has 0 saturated carbocycles. The van der Waals surface area contributed by atoms with Gasteiger partial charge in [-0.2, -0.15) is 0 Å². The number of carbonyl (C=O) groups excluding carboxylic acids is 3. The maximum absolute atomic E-state index is 12.2. The number of hydrogen-bond donors (Lipinski definition) is 2. The molecule has 8 nitrogen and oxygen atoms in total. The lowest BCUT2D eigenvalue weighted by Crippen LogP contribution is -2.46. The number of hydrogen-bond acceptors (Lipinski definition) is 7. The first kappa shape index (κ1) is 21.3. The van der Waals surface area contributed by atoms with Gasteiger partial charge in [0.15, 0.2) is 5.57 Å². The second-order valence-corrected chi connectivity index (χ2v) is 7.83.